The Morgan fingerprint density at radius 3 is 2.79 bits per heavy atom. The summed E-state index contributed by atoms with van der Waals surface area (Å²) in [6.45, 7) is 10.0. The molecule has 1 aromatic carbocycles. The summed E-state index contributed by atoms with van der Waals surface area (Å²) >= 11 is 0. The van der Waals surface area contributed by atoms with Gasteiger partial charge in [0.1, 0.15) is 6.10 Å². The number of benzene rings is 1. The topological polar surface area (TPSA) is 70.7 Å². The molecule has 6 nitrogen and oxygen atoms in total. The van der Waals surface area contributed by atoms with Crippen molar-refractivity contribution in [2.75, 3.05) is 31.6 Å². The lowest BCUT2D eigenvalue weighted by molar-refractivity contribution is -0.124. The summed E-state index contributed by atoms with van der Waals surface area (Å²) in [7, 11) is 0. The minimum atomic E-state index is -0.384. The molecule has 2 N–H and O–H groups in total. The van der Waals surface area contributed by atoms with Crippen LogP contribution in [0, 0.1) is 5.92 Å². The molecule has 6 heteroatoms. The molecule has 0 aliphatic carbocycles. The minimum absolute atomic E-state index is 0.0873. The van der Waals surface area contributed by atoms with Crippen LogP contribution in [0.5, 0.6) is 0 Å². The first kappa shape index (κ1) is 20.8. The highest BCUT2D eigenvalue weighted by molar-refractivity contribution is 5.98. The van der Waals surface area contributed by atoms with Gasteiger partial charge in [0.05, 0.1) is 0 Å². The predicted molar refractivity (Wildman–Crippen MR) is 110 cm³/mol. The molecule has 2 fully saturated rings. The van der Waals surface area contributed by atoms with E-state index in [9.17, 15) is 9.59 Å². The maximum Gasteiger partial charge on any atom is 0.253 e. The third kappa shape index (κ3) is 5.32. The molecule has 2 aliphatic rings. The average Bonchev–Trinajstić information content (AvgIpc) is 3.21. The largest absolute Gasteiger partial charge is 0.368 e. The van der Waals surface area contributed by atoms with Crippen molar-refractivity contribution in [3.05, 3.63) is 29.8 Å². The fraction of sp³-hybridized carbons (Fsp3) is 0.636. The maximum absolute atomic E-state index is 12.7. The molecule has 154 valence electrons. The van der Waals surface area contributed by atoms with Gasteiger partial charge < -0.3 is 15.4 Å². The molecule has 0 bridgehead atoms. The highest BCUT2D eigenvalue weighted by Gasteiger charge is 2.30. The van der Waals surface area contributed by atoms with Gasteiger partial charge in [-0.3, -0.25) is 14.5 Å². The van der Waals surface area contributed by atoms with E-state index in [-0.39, 0.29) is 23.5 Å². The van der Waals surface area contributed by atoms with Gasteiger partial charge in [0.15, 0.2) is 0 Å². The molecular weight excluding hydrogens is 354 g/mol. The summed E-state index contributed by atoms with van der Waals surface area (Å²) in [6, 6.07) is 7.07. The summed E-state index contributed by atoms with van der Waals surface area (Å²) < 4.78 is 5.41. The second-order valence-electron chi connectivity index (χ2n) is 8.76. The van der Waals surface area contributed by atoms with Crippen LogP contribution in [0.3, 0.4) is 0 Å². The summed E-state index contributed by atoms with van der Waals surface area (Å²) in [5, 5.41) is 5.92. The molecule has 0 saturated carbocycles. The Bertz CT molecular complexity index is 698. The highest BCUT2D eigenvalue weighted by atomic mass is 16.5. The Morgan fingerprint density at radius 1 is 1.25 bits per heavy atom. The number of ether oxygens (including phenoxy) is 1. The fourth-order valence-electron chi connectivity index (χ4n) is 4.00. The van der Waals surface area contributed by atoms with Crippen LogP contribution in [0.25, 0.3) is 0 Å². The number of amides is 2. The van der Waals surface area contributed by atoms with Crippen molar-refractivity contribution in [1.29, 1.82) is 0 Å². The molecule has 3 rings (SSSR count). The molecule has 2 heterocycles. The number of hydrogen-bond donors (Lipinski definition) is 2. The Hall–Kier alpha value is -1.92. The van der Waals surface area contributed by atoms with Crippen LogP contribution in [0.4, 0.5) is 5.69 Å². The molecule has 2 atom stereocenters. The van der Waals surface area contributed by atoms with Crippen LogP contribution in [-0.2, 0) is 9.53 Å². The number of nitrogens with one attached hydrogen (secondary N) is 2. The number of piperidine rings is 1. The van der Waals surface area contributed by atoms with E-state index in [0.29, 0.717) is 30.3 Å². The Kier molecular flexibility index (Phi) is 6.73. The summed E-state index contributed by atoms with van der Waals surface area (Å²) in [6.07, 6.45) is 3.77. The van der Waals surface area contributed by atoms with Crippen molar-refractivity contribution < 1.29 is 14.3 Å². The Labute approximate surface area is 168 Å². The van der Waals surface area contributed by atoms with Gasteiger partial charge in [0.2, 0.25) is 0 Å². The quantitative estimate of drug-likeness (QED) is 0.787. The Morgan fingerprint density at radius 2 is 2.07 bits per heavy atom. The lowest BCUT2D eigenvalue weighted by Crippen LogP contribution is -2.54. The van der Waals surface area contributed by atoms with Gasteiger partial charge in [-0.05, 0) is 70.2 Å². The predicted octanol–water partition coefficient (Wildman–Crippen LogP) is 3.04. The van der Waals surface area contributed by atoms with Crippen LogP contribution in [0.15, 0.2) is 24.3 Å². The van der Waals surface area contributed by atoms with Crippen molar-refractivity contribution in [2.24, 2.45) is 5.92 Å². The molecule has 2 amide bonds. The second kappa shape index (κ2) is 9.05. The van der Waals surface area contributed by atoms with Crippen molar-refractivity contribution >= 4 is 17.5 Å². The van der Waals surface area contributed by atoms with Crippen molar-refractivity contribution in [3.8, 4) is 0 Å². The monoisotopic (exact) mass is 387 g/mol. The molecule has 0 radical (unpaired) electrons. The third-order valence-corrected chi connectivity index (χ3v) is 5.81. The number of carbonyl (C=O) groups excluding carboxylic acids is 2. The van der Waals surface area contributed by atoms with Crippen LogP contribution in [0.2, 0.25) is 0 Å². The van der Waals surface area contributed by atoms with Crippen LogP contribution >= 0.6 is 0 Å². The van der Waals surface area contributed by atoms with Crippen LogP contribution in [0.1, 0.15) is 56.8 Å². The van der Waals surface area contributed by atoms with E-state index in [1.54, 1.807) is 24.3 Å². The van der Waals surface area contributed by atoms with Gasteiger partial charge in [0.25, 0.3) is 11.8 Å². The molecule has 28 heavy (non-hydrogen) atoms. The van der Waals surface area contributed by atoms with E-state index < -0.39 is 0 Å². The average molecular weight is 388 g/mol. The van der Waals surface area contributed by atoms with Crippen LogP contribution < -0.4 is 10.6 Å². The van der Waals surface area contributed by atoms with Crippen LogP contribution in [-0.4, -0.2) is 54.6 Å². The van der Waals surface area contributed by atoms with Gasteiger partial charge in [-0.1, -0.05) is 13.0 Å². The standard InChI is InChI=1S/C22H33N3O3/c1-16-7-5-11-25(14-16)22(2,3)15-23-20(26)17-8-4-9-18(13-17)24-21(27)19-10-6-12-28-19/h4,8-9,13,16,19H,5-7,10-12,14-15H2,1-3H3,(H,23,26)(H,24,27). The molecule has 0 aromatic heterocycles. The highest BCUT2D eigenvalue weighted by Crippen LogP contribution is 2.23. The summed E-state index contributed by atoms with van der Waals surface area (Å²) in [5.41, 5.74) is 1.08. The summed E-state index contributed by atoms with van der Waals surface area (Å²) in [4.78, 5) is 27.4. The van der Waals surface area contributed by atoms with E-state index in [1.165, 1.54) is 12.8 Å². The lowest BCUT2D eigenvalue weighted by Gasteiger charge is -2.43. The zero-order valence-corrected chi connectivity index (χ0v) is 17.3. The molecule has 0 spiro atoms. The van der Waals surface area contributed by atoms with E-state index in [0.717, 1.165) is 25.9 Å². The summed E-state index contributed by atoms with van der Waals surface area (Å²) in [5.74, 6) is 0.439. The zero-order chi connectivity index (χ0) is 20.1. The first-order valence-electron chi connectivity index (χ1n) is 10.4. The van der Waals surface area contributed by atoms with Crippen molar-refractivity contribution in [1.82, 2.24) is 10.2 Å². The molecule has 1 aromatic rings. The minimum Gasteiger partial charge on any atom is -0.368 e. The number of carbonyl (C=O) groups is 2. The first-order valence-corrected chi connectivity index (χ1v) is 10.4. The lowest BCUT2D eigenvalue weighted by atomic mass is 9.93. The van der Waals surface area contributed by atoms with Gasteiger partial charge in [-0.15, -0.1) is 0 Å². The number of anilines is 1. The number of hydrogen-bond acceptors (Lipinski definition) is 4. The maximum atomic E-state index is 12.7. The van der Waals surface area contributed by atoms with Crippen molar-refractivity contribution in [3.63, 3.8) is 0 Å². The van der Waals surface area contributed by atoms with Gasteiger partial charge in [-0.25, -0.2) is 0 Å². The first-order chi connectivity index (χ1) is 13.3. The van der Waals surface area contributed by atoms with Gasteiger partial charge in [-0.2, -0.15) is 0 Å². The Balaban J connectivity index is 1.56. The fourth-order valence-corrected chi connectivity index (χ4v) is 4.00. The zero-order valence-electron chi connectivity index (χ0n) is 17.3. The smallest absolute Gasteiger partial charge is 0.253 e. The number of rotatable bonds is 6. The third-order valence-electron chi connectivity index (χ3n) is 5.81. The molecule has 2 unspecified atom stereocenters. The molecule has 2 aliphatic heterocycles. The SMILES string of the molecule is CC1CCCN(C(C)(C)CNC(=O)c2cccc(NC(=O)C3CCCO3)c2)C1. The second-order valence-corrected chi connectivity index (χ2v) is 8.76. The normalized spacial score (nSPS) is 23.4. The van der Waals surface area contributed by atoms with E-state index >= 15 is 0 Å². The number of likely N-dealkylation sites (tertiary alicyclic amines) is 1. The van der Waals surface area contributed by atoms with E-state index in [4.69, 9.17) is 4.74 Å². The number of nitrogens with zero attached hydrogens (tertiary/aromatic N) is 1. The molecular formula is C22H33N3O3. The van der Waals surface area contributed by atoms with Gasteiger partial charge in [0, 0.05) is 36.5 Å². The van der Waals surface area contributed by atoms with E-state index in [2.05, 4.69) is 36.3 Å². The van der Waals surface area contributed by atoms with Crippen molar-refractivity contribution in [2.45, 2.75) is 58.1 Å². The molecule has 2 saturated heterocycles. The van der Waals surface area contributed by atoms with Gasteiger partial charge >= 0.3 is 0 Å². The van der Waals surface area contributed by atoms with E-state index in [1.807, 2.05) is 0 Å².